The zero-order chi connectivity index (χ0) is 30.1. The second-order valence-electron chi connectivity index (χ2n) is 10.4. The van der Waals surface area contributed by atoms with Gasteiger partial charge in [0.25, 0.3) is 10.0 Å². The Labute approximate surface area is 247 Å². The lowest BCUT2D eigenvalue weighted by molar-refractivity contribution is -0.140. The Morgan fingerprint density at radius 1 is 0.952 bits per heavy atom. The van der Waals surface area contributed by atoms with Gasteiger partial charge in [0.2, 0.25) is 11.8 Å². The molecule has 8 nitrogen and oxygen atoms in total. The van der Waals surface area contributed by atoms with E-state index in [0.29, 0.717) is 17.7 Å². The standard InChI is InChI=1S/C32H38FN3O5S/c1-3-30(32(38)34-26-10-6-4-7-11-26)35(22-24-14-16-25(33)17-15-24)31(37)23-36(27-18-20-28(41-2)21-19-27)42(39,40)29-12-8-5-9-13-29/h5,8-9,12-21,26,30H,3-4,6-7,10-11,22-23H2,1-2H3,(H,34,38)/t30-/m1/s1. The smallest absolute Gasteiger partial charge is 0.264 e. The van der Waals surface area contributed by atoms with Crippen molar-refractivity contribution in [3.8, 4) is 5.75 Å². The molecule has 0 heterocycles. The molecular formula is C32H38FN3O5S. The number of benzene rings is 3. The van der Waals surface area contributed by atoms with E-state index in [1.165, 1.54) is 36.3 Å². The molecule has 1 saturated carbocycles. The Kier molecular flexibility index (Phi) is 10.6. The highest BCUT2D eigenvalue weighted by molar-refractivity contribution is 7.92. The molecule has 0 bridgehead atoms. The highest BCUT2D eigenvalue weighted by Crippen LogP contribution is 2.27. The van der Waals surface area contributed by atoms with Crippen LogP contribution in [-0.2, 0) is 26.2 Å². The summed E-state index contributed by atoms with van der Waals surface area (Å²) < 4.78 is 47.7. The molecule has 4 rings (SSSR count). The van der Waals surface area contributed by atoms with Gasteiger partial charge in [-0.3, -0.25) is 13.9 Å². The van der Waals surface area contributed by atoms with Gasteiger partial charge in [-0.15, -0.1) is 0 Å². The van der Waals surface area contributed by atoms with Crippen molar-refractivity contribution in [3.63, 3.8) is 0 Å². The average molecular weight is 596 g/mol. The summed E-state index contributed by atoms with van der Waals surface area (Å²) in [6.45, 7) is 1.29. The summed E-state index contributed by atoms with van der Waals surface area (Å²) in [5.41, 5.74) is 0.894. The Balaban J connectivity index is 1.69. The number of rotatable bonds is 12. The van der Waals surface area contributed by atoms with Crippen LogP contribution < -0.4 is 14.4 Å². The van der Waals surface area contributed by atoms with Gasteiger partial charge < -0.3 is 15.0 Å². The first-order valence-electron chi connectivity index (χ1n) is 14.3. The number of nitrogens with zero attached hydrogens (tertiary/aromatic N) is 2. The van der Waals surface area contributed by atoms with Crippen LogP contribution >= 0.6 is 0 Å². The third kappa shape index (κ3) is 7.67. The van der Waals surface area contributed by atoms with Crippen LogP contribution in [0.1, 0.15) is 51.0 Å². The molecule has 224 valence electrons. The van der Waals surface area contributed by atoms with Gasteiger partial charge in [-0.1, -0.05) is 56.5 Å². The lowest BCUT2D eigenvalue weighted by Crippen LogP contribution is -2.54. The molecule has 0 spiro atoms. The third-order valence-corrected chi connectivity index (χ3v) is 9.36. The zero-order valence-corrected chi connectivity index (χ0v) is 24.9. The maximum absolute atomic E-state index is 14.1. The molecule has 1 aliphatic carbocycles. The van der Waals surface area contributed by atoms with Gasteiger partial charge in [-0.25, -0.2) is 12.8 Å². The Morgan fingerprint density at radius 3 is 2.19 bits per heavy atom. The first-order valence-corrected chi connectivity index (χ1v) is 15.7. The Bertz CT molecular complexity index is 1430. The second-order valence-corrected chi connectivity index (χ2v) is 12.3. The molecule has 1 N–H and O–H groups in total. The third-order valence-electron chi connectivity index (χ3n) is 7.57. The molecule has 1 aliphatic rings. The SMILES string of the molecule is CC[C@H](C(=O)NC1CCCCC1)N(Cc1ccc(F)cc1)C(=O)CN(c1ccc(OC)cc1)S(=O)(=O)c1ccccc1. The van der Waals surface area contributed by atoms with E-state index >= 15 is 0 Å². The summed E-state index contributed by atoms with van der Waals surface area (Å²) in [6, 6.07) is 19.2. The summed E-state index contributed by atoms with van der Waals surface area (Å²) in [7, 11) is -2.65. The minimum atomic E-state index is -4.16. The Morgan fingerprint density at radius 2 is 1.60 bits per heavy atom. The maximum atomic E-state index is 14.1. The van der Waals surface area contributed by atoms with Gasteiger partial charge in [-0.05, 0) is 73.4 Å². The number of methoxy groups -OCH3 is 1. The fraction of sp³-hybridized carbons (Fsp3) is 0.375. The molecule has 1 atom stereocenters. The first kappa shape index (κ1) is 31.0. The van der Waals surface area contributed by atoms with Gasteiger partial charge >= 0.3 is 0 Å². The van der Waals surface area contributed by atoms with Crippen LogP contribution in [0.2, 0.25) is 0 Å². The van der Waals surface area contributed by atoms with Crippen molar-refractivity contribution in [3.05, 3.63) is 90.2 Å². The number of anilines is 1. The summed E-state index contributed by atoms with van der Waals surface area (Å²) in [5, 5.41) is 3.12. The van der Waals surface area contributed by atoms with Crippen molar-refractivity contribution in [2.45, 2.75) is 69.0 Å². The molecule has 3 aromatic carbocycles. The van der Waals surface area contributed by atoms with Crippen molar-refractivity contribution >= 4 is 27.5 Å². The molecule has 0 aromatic heterocycles. The van der Waals surface area contributed by atoms with Gasteiger partial charge in [-0.2, -0.15) is 0 Å². The van der Waals surface area contributed by atoms with E-state index < -0.39 is 34.3 Å². The van der Waals surface area contributed by atoms with Gasteiger partial charge in [0.05, 0.1) is 17.7 Å². The van der Waals surface area contributed by atoms with E-state index in [1.54, 1.807) is 54.6 Å². The van der Waals surface area contributed by atoms with Crippen LogP contribution in [0.5, 0.6) is 5.75 Å². The Hall–Kier alpha value is -3.92. The number of sulfonamides is 1. The molecule has 0 saturated heterocycles. The predicted molar refractivity (Wildman–Crippen MR) is 160 cm³/mol. The summed E-state index contributed by atoms with van der Waals surface area (Å²) in [4.78, 5) is 29.1. The minimum absolute atomic E-state index is 0.0115. The maximum Gasteiger partial charge on any atom is 0.264 e. The number of amides is 2. The van der Waals surface area contributed by atoms with Crippen molar-refractivity contribution in [1.29, 1.82) is 0 Å². The van der Waals surface area contributed by atoms with Crippen LogP contribution in [0, 0.1) is 5.82 Å². The lowest BCUT2D eigenvalue weighted by atomic mass is 9.95. The summed E-state index contributed by atoms with van der Waals surface area (Å²) in [5.74, 6) is -0.717. The molecular weight excluding hydrogens is 557 g/mol. The van der Waals surface area contributed by atoms with Gasteiger partial charge in [0.15, 0.2) is 0 Å². The lowest BCUT2D eigenvalue weighted by Gasteiger charge is -2.34. The predicted octanol–water partition coefficient (Wildman–Crippen LogP) is 5.29. The molecule has 42 heavy (non-hydrogen) atoms. The molecule has 10 heteroatoms. The number of carbonyl (C=O) groups is 2. The van der Waals surface area contributed by atoms with Crippen molar-refractivity contribution in [2.75, 3.05) is 18.0 Å². The van der Waals surface area contributed by atoms with Crippen LogP contribution in [-0.4, -0.2) is 50.9 Å². The van der Waals surface area contributed by atoms with Crippen molar-refractivity contribution in [2.24, 2.45) is 0 Å². The highest BCUT2D eigenvalue weighted by Gasteiger charge is 2.34. The summed E-state index contributed by atoms with van der Waals surface area (Å²) >= 11 is 0. The van der Waals surface area contributed by atoms with Crippen molar-refractivity contribution < 1.29 is 27.1 Å². The van der Waals surface area contributed by atoms with E-state index in [9.17, 15) is 22.4 Å². The number of nitrogens with one attached hydrogen (secondary N) is 1. The second kappa shape index (κ2) is 14.3. The molecule has 1 fully saturated rings. The van der Waals surface area contributed by atoms with Crippen LogP contribution in [0.3, 0.4) is 0 Å². The highest BCUT2D eigenvalue weighted by atomic mass is 32.2. The van der Waals surface area contributed by atoms with E-state index in [2.05, 4.69) is 5.32 Å². The fourth-order valence-corrected chi connectivity index (χ4v) is 6.68. The fourth-order valence-electron chi connectivity index (χ4n) is 5.25. The van der Waals surface area contributed by atoms with Crippen LogP contribution in [0.4, 0.5) is 10.1 Å². The molecule has 0 aliphatic heterocycles. The number of hydrogen-bond donors (Lipinski definition) is 1. The number of carbonyl (C=O) groups excluding carboxylic acids is 2. The monoisotopic (exact) mass is 595 g/mol. The number of halogens is 1. The van der Waals surface area contributed by atoms with Crippen molar-refractivity contribution in [1.82, 2.24) is 10.2 Å². The minimum Gasteiger partial charge on any atom is -0.497 e. The van der Waals surface area contributed by atoms with Crippen LogP contribution in [0.25, 0.3) is 0 Å². The first-order chi connectivity index (χ1) is 20.2. The molecule has 3 aromatic rings. The topological polar surface area (TPSA) is 96.0 Å². The molecule has 0 radical (unpaired) electrons. The van der Waals surface area contributed by atoms with E-state index in [4.69, 9.17) is 4.74 Å². The molecule has 0 unspecified atom stereocenters. The quantitative estimate of drug-likeness (QED) is 0.307. The normalized spacial score (nSPS) is 14.5. The van der Waals surface area contributed by atoms with Gasteiger partial charge in [0, 0.05) is 12.6 Å². The zero-order valence-electron chi connectivity index (χ0n) is 24.0. The van der Waals surface area contributed by atoms with E-state index in [1.807, 2.05) is 6.92 Å². The summed E-state index contributed by atoms with van der Waals surface area (Å²) in [6.07, 6.45) is 5.29. The van der Waals surface area contributed by atoms with E-state index in [0.717, 1.165) is 36.4 Å². The largest absolute Gasteiger partial charge is 0.497 e. The van der Waals surface area contributed by atoms with E-state index in [-0.39, 0.29) is 29.1 Å². The van der Waals surface area contributed by atoms with Crippen LogP contribution in [0.15, 0.2) is 83.8 Å². The number of hydrogen-bond acceptors (Lipinski definition) is 5. The van der Waals surface area contributed by atoms with Gasteiger partial charge in [0.1, 0.15) is 24.2 Å². The molecule has 2 amide bonds. The average Bonchev–Trinajstić information content (AvgIpc) is 3.01. The number of ether oxygens (including phenoxy) is 1.